The van der Waals surface area contributed by atoms with Gasteiger partial charge in [-0.2, -0.15) is 0 Å². The number of hydrogen-bond donors (Lipinski definition) is 2. The fraction of sp³-hybridized carbons (Fsp3) is 0.318. The maximum Gasteiger partial charge on any atom is 0.221 e. The predicted molar refractivity (Wildman–Crippen MR) is 106 cm³/mol. The molecule has 0 unspecified atom stereocenters. The van der Waals surface area contributed by atoms with Crippen LogP contribution in [0.15, 0.2) is 54.7 Å². The molecule has 3 aromatic rings. The van der Waals surface area contributed by atoms with Crippen LogP contribution in [-0.2, 0) is 11.3 Å². The Labute approximate surface area is 154 Å². The van der Waals surface area contributed by atoms with Crippen molar-refractivity contribution in [2.45, 2.75) is 25.8 Å². The zero-order chi connectivity index (χ0) is 17.8. The van der Waals surface area contributed by atoms with Gasteiger partial charge in [0.15, 0.2) is 0 Å². The topological polar surface area (TPSA) is 48.1 Å². The monoisotopic (exact) mass is 347 g/mol. The van der Waals surface area contributed by atoms with Crippen molar-refractivity contribution in [3.63, 3.8) is 0 Å². The summed E-state index contributed by atoms with van der Waals surface area (Å²) in [6.07, 6.45) is 5.08. The van der Waals surface area contributed by atoms with Crippen molar-refractivity contribution in [3.05, 3.63) is 60.3 Å². The molecule has 0 spiro atoms. The first kappa shape index (κ1) is 16.9. The van der Waals surface area contributed by atoms with E-state index in [-0.39, 0.29) is 5.91 Å². The molecule has 2 N–H and O–H groups in total. The van der Waals surface area contributed by atoms with Gasteiger partial charge in [-0.3, -0.25) is 4.79 Å². The number of H-pyrrole nitrogens is 1. The maximum atomic E-state index is 12.1. The van der Waals surface area contributed by atoms with Crippen LogP contribution in [0.25, 0.3) is 22.0 Å². The zero-order valence-electron chi connectivity index (χ0n) is 15.0. The van der Waals surface area contributed by atoms with Gasteiger partial charge in [0.25, 0.3) is 0 Å². The van der Waals surface area contributed by atoms with Crippen molar-refractivity contribution in [2.24, 2.45) is 0 Å². The average Bonchev–Trinajstić information content (AvgIpc) is 3.35. The molecule has 4 rings (SSSR count). The van der Waals surface area contributed by atoms with E-state index in [0.29, 0.717) is 13.0 Å². The summed E-state index contributed by atoms with van der Waals surface area (Å²) in [5.41, 5.74) is 4.65. The molecule has 0 bridgehead atoms. The first-order valence-electron chi connectivity index (χ1n) is 9.43. The standard InChI is InChI=1S/C22H25N3O/c26-22(9-13-25-11-1-2-12-25)24-16-17-4-3-5-18(14-17)19-6-7-21-20(15-19)8-10-23-21/h3-8,10,14-15,23H,1-2,9,11-13,16H2,(H,24,26). The highest BCUT2D eigenvalue weighted by Gasteiger charge is 2.12. The molecule has 1 amide bonds. The van der Waals surface area contributed by atoms with E-state index in [1.54, 1.807) is 0 Å². The lowest BCUT2D eigenvalue weighted by atomic mass is 10.0. The third kappa shape index (κ3) is 3.97. The van der Waals surface area contributed by atoms with E-state index in [4.69, 9.17) is 0 Å². The van der Waals surface area contributed by atoms with Gasteiger partial charge in [-0.15, -0.1) is 0 Å². The molecule has 4 heteroatoms. The van der Waals surface area contributed by atoms with E-state index in [1.807, 2.05) is 6.20 Å². The number of rotatable bonds is 6. The number of carbonyl (C=O) groups excluding carboxylic acids is 1. The van der Waals surface area contributed by atoms with Crippen LogP contribution in [-0.4, -0.2) is 35.4 Å². The van der Waals surface area contributed by atoms with Crippen LogP contribution in [0.4, 0.5) is 0 Å². The van der Waals surface area contributed by atoms with Crippen LogP contribution in [0.2, 0.25) is 0 Å². The molecular formula is C22H25N3O. The maximum absolute atomic E-state index is 12.1. The van der Waals surface area contributed by atoms with E-state index in [1.165, 1.54) is 29.4 Å². The van der Waals surface area contributed by atoms with Gasteiger partial charge in [0, 0.05) is 31.2 Å². The number of benzene rings is 2. The summed E-state index contributed by atoms with van der Waals surface area (Å²) in [5, 5.41) is 4.27. The second kappa shape index (κ2) is 7.75. The van der Waals surface area contributed by atoms with Crippen molar-refractivity contribution < 1.29 is 4.79 Å². The number of hydrogen-bond acceptors (Lipinski definition) is 2. The molecule has 134 valence electrons. The minimum atomic E-state index is 0.135. The number of aromatic amines is 1. The lowest BCUT2D eigenvalue weighted by molar-refractivity contribution is -0.121. The molecule has 1 aliphatic rings. The molecule has 2 heterocycles. The molecule has 4 nitrogen and oxygen atoms in total. The van der Waals surface area contributed by atoms with Gasteiger partial charge < -0.3 is 15.2 Å². The van der Waals surface area contributed by atoms with Gasteiger partial charge in [0.2, 0.25) is 5.91 Å². The molecule has 2 aromatic carbocycles. The van der Waals surface area contributed by atoms with Crippen molar-refractivity contribution in [1.82, 2.24) is 15.2 Å². The van der Waals surface area contributed by atoms with Gasteiger partial charge >= 0.3 is 0 Å². The van der Waals surface area contributed by atoms with Crippen molar-refractivity contribution in [2.75, 3.05) is 19.6 Å². The zero-order valence-corrected chi connectivity index (χ0v) is 15.0. The Morgan fingerprint density at radius 2 is 1.88 bits per heavy atom. The van der Waals surface area contributed by atoms with Gasteiger partial charge in [-0.25, -0.2) is 0 Å². The highest BCUT2D eigenvalue weighted by molar-refractivity contribution is 5.85. The number of carbonyl (C=O) groups is 1. The number of nitrogens with one attached hydrogen (secondary N) is 2. The molecule has 1 fully saturated rings. The summed E-state index contributed by atoms with van der Waals surface area (Å²) in [6, 6.07) is 16.9. The van der Waals surface area contributed by atoms with Crippen LogP contribution in [0, 0.1) is 0 Å². The van der Waals surface area contributed by atoms with E-state index < -0.39 is 0 Å². The minimum Gasteiger partial charge on any atom is -0.361 e. The summed E-state index contributed by atoms with van der Waals surface area (Å²) in [5.74, 6) is 0.135. The molecule has 0 atom stereocenters. The molecule has 1 aliphatic heterocycles. The van der Waals surface area contributed by atoms with Gasteiger partial charge in [-0.05, 0) is 72.3 Å². The Hall–Kier alpha value is -2.59. The Balaban J connectivity index is 1.36. The molecule has 1 aromatic heterocycles. The van der Waals surface area contributed by atoms with Crippen LogP contribution in [0.3, 0.4) is 0 Å². The highest BCUT2D eigenvalue weighted by Crippen LogP contribution is 2.24. The predicted octanol–water partition coefficient (Wildman–Crippen LogP) is 3.94. The molecule has 1 saturated heterocycles. The van der Waals surface area contributed by atoms with E-state index in [9.17, 15) is 4.79 Å². The number of aromatic nitrogens is 1. The van der Waals surface area contributed by atoms with E-state index in [0.717, 1.165) is 30.7 Å². The minimum absolute atomic E-state index is 0.135. The quantitative estimate of drug-likeness (QED) is 0.710. The number of likely N-dealkylation sites (tertiary alicyclic amines) is 1. The normalized spacial score (nSPS) is 14.8. The lowest BCUT2D eigenvalue weighted by Crippen LogP contribution is -2.29. The SMILES string of the molecule is O=C(CCN1CCCC1)NCc1cccc(-c2ccc3[nH]ccc3c2)c1. The average molecular weight is 347 g/mol. The summed E-state index contributed by atoms with van der Waals surface area (Å²) in [7, 11) is 0. The van der Waals surface area contributed by atoms with Crippen LogP contribution < -0.4 is 5.32 Å². The molecule has 0 aliphatic carbocycles. The van der Waals surface area contributed by atoms with Crippen LogP contribution in [0.1, 0.15) is 24.8 Å². The van der Waals surface area contributed by atoms with Crippen molar-refractivity contribution in [1.29, 1.82) is 0 Å². The van der Waals surface area contributed by atoms with Crippen LogP contribution >= 0.6 is 0 Å². The van der Waals surface area contributed by atoms with E-state index in [2.05, 4.69) is 63.7 Å². The summed E-state index contributed by atoms with van der Waals surface area (Å²) in [4.78, 5) is 17.7. The van der Waals surface area contributed by atoms with Gasteiger partial charge in [-0.1, -0.05) is 24.3 Å². The largest absolute Gasteiger partial charge is 0.361 e. The smallest absolute Gasteiger partial charge is 0.221 e. The molecular weight excluding hydrogens is 322 g/mol. The summed E-state index contributed by atoms with van der Waals surface area (Å²) in [6.45, 7) is 3.74. The van der Waals surface area contributed by atoms with Gasteiger partial charge in [0.05, 0.1) is 0 Å². The number of amides is 1. The van der Waals surface area contributed by atoms with Crippen molar-refractivity contribution in [3.8, 4) is 11.1 Å². The second-order valence-electron chi connectivity index (χ2n) is 7.06. The Morgan fingerprint density at radius 1 is 1.04 bits per heavy atom. The van der Waals surface area contributed by atoms with Crippen LogP contribution in [0.5, 0.6) is 0 Å². The van der Waals surface area contributed by atoms with Gasteiger partial charge in [0.1, 0.15) is 0 Å². The first-order valence-corrected chi connectivity index (χ1v) is 9.43. The molecule has 0 radical (unpaired) electrons. The Morgan fingerprint density at radius 3 is 2.77 bits per heavy atom. The van der Waals surface area contributed by atoms with Crippen molar-refractivity contribution >= 4 is 16.8 Å². The summed E-state index contributed by atoms with van der Waals surface area (Å²) < 4.78 is 0. The molecule has 26 heavy (non-hydrogen) atoms. The second-order valence-corrected chi connectivity index (χ2v) is 7.06. The Bertz CT molecular complexity index is 893. The Kier molecular flexibility index (Phi) is 5.02. The summed E-state index contributed by atoms with van der Waals surface area (Å²) >= 11 is 0. The molecule has 0 saturated carbocycles. The third-order valence-corrected chi connectivity index (χ3v) is 5.16. The first-order chi connectivity index (χ1) is 12.8. The number of fused-ring (bicyclic) bond motifs is 1. The number of nitrogens with zero attached hydrogens (tertiary/aromatic N) is 1. The third-order valence-electron chi connectivity index (χ3n) is 5.16. The highest BCUT2D eigenvalue weighted by atomic mass is 16.1. The lowest BCUT2D eigenvalue weighted by Gasteiger charge is -2.14. The fourth-order valence-electron chi connectivity index (χ4n) is 3.65. The van der Waals surface area contributed by atoms with E-state index >= 15 is 0 Å². The fourth-order valence-corrected chi connectivity index (χ4v) is 3.65.